The quantitative estimate of drug-likeness (QED) is 0.906. The Hall–Kier alpha value is -1.16. The van der Waals surface area contributed by atoms with Crippen LogP contribution in [-0.4, -0.2) is 36.1 Å². The maximum atomic E-state index is 13.6. The zero-order valence-corrected chi connectivity index (χ0v) is 12.1. The third-order valence-electron chi connectivity index (χ3n) is 4.36. The summed E-state index contributed by atoms with van der Waals surface area (Å²) in [6.07, 6.45) is 6.48. The number of pyridine rings is 1. The Labute approximate surface area is 115 Å². The van der Waals surface area contributed by atoms with E-state index in [1.54, 1.807) is 12.3 Å². The summed E-state index contributed by atoms with van der Waals surface area (Å²) in [6, 6.07) is 3.06. The van der Waals surface area contributed by atoms with E-state index in [-0.39, 0.29) is 11.4 Å². The van der Waals surface area contributed by atoms with Gasteiger partial charge in [0.05, 0.1) is 0 Å². The smallest absolute Gasteiger partial charge is 0.165 e. The minimum atomic E-state index is -0.278. The van der Waals surface area contributed by atoms with Crippen molar-refractivity contribution in [1.82, 2.24) is 9.88 Å². The van der Waals surface area contributed by atoms with Gasteiger partial charge in [-0.25, -0.2) is 9.37 Å². The van der Waals surface area contributed by atoms with Crippen LogP contribution < -0.4 is 5.32 Å². The summed E-state index contributed by atoms with van der Waals surface area (Å²) in [6.45, 7) is 3.05. The highest BCUT2D eigenvalue weighted by Gasteiger charge is 2.36. The fraction of sp³-hybridized carbons (Fsp3) is 0.667. The number of anilines is 1. The van der Waals surface area contributed by atoms with E-state index in [0.717, 1.165) is 25.3 Å². The lowest BCUT2D eigenvalue weighted by Gasteiger charge is -2.45. The molecule has 1 aliphatic rings. The predicted molar refractivity (Wildman–Crippen MR) is 76.7 cm³/mol. The third-order valence-corrected chi connectivity index (χ3v) is 4.36. The summed E-state index contributed by atoms with van der Waals surface area (Å²) in [4.78, 5) is 6.36. The van der Waals surface area contributed by atoms with Crippen molar-refractivity contribution in [2.45, 2.75) is 38.1 Å². The molecule has 1 fully saturated rings. The van der Waals surface area contributed by atoms with Crippen molar-refractivity contribution in [3.8, 4) is 0 Å². The standard InChI is InChI=1S/C15H24FN3/c1-12-6-4-8-15(10-12,19(2)3)11-18-14-13(16)7-5-9-17-14/h5,7,9,12H,4,6,8,10-11H2,1-3H3,(H,17,18). The average Bonchev–Trinajstić information content (AvgIpc) is 2.38. The molecule has 0 saturated heterocycles. The van der Waals surface area contributed by atoms with Gasteiger partial charge in [-0.2, -0.15) is 0 Å². The van der Waals surface area contributed by atoms with Gasteiger partial charge in [-0.15, -0.1) is 0 Å². The molecule has 1 heterocycles. The molecule has 3 nitrogen and oxygen atoms in total. The van der Waals surface area contributed by atoms with Gasteiger partial charge in [0.15, 0.2) is 11.6 Å². The first-order valence-electron chi connectivity index (χ1n) is 7.05. The highest BCUT2D eigenvalue weighted by molar-refractivity contribution is 5.36. The predicted octanol–water partition coefficient (Wildman–Crippen LogP) is 3.14. The summed E-state index contributed by atoms with van der Waals surface area (Å²) < 4.78 is 13.6. The first kappa shape index (κ1) is 14.3. The van der Waals surface area contributed by atoms with Crippen LogP contribution >= 0.6 is 0 Å². The van der Waals surface area contributed by atoms with E-state index in [2.05, 4.69) is 36.2 Å². The topological polar surface area (TPSA) is 28.2 Å². The fourth-order valence-electron chi connectivity index (χ4n) is 3.12. The summed E-state index contributed by atoms with van der Waals surface area (Å²) in [7, 11) is 4.24. The molecule has 0 spiro atoms. The van der Waals surface area contributed by atoms with Crippen molar-refractivity contribution < 1.29 is 4.39 Å². The Bertz CT molecular complexity index is 422. The van der Waals surface area contributed by atoms with Crippen molar-refractivity contribution in [3.05, 3.63) is 24.1 Å². The Balaban J connectivity index is 2.07. The minimum absolute atomic E-state index is 0.113. The molecular weight excluding hydrogens is 241 g/mol. The number of nitrogens with one attached hydrogen (secondary N) is 1. The van der Waals surface area contributed by atoms with Crippen LogP contribution in [0, 0.1) is 11.7 Å². The Morgan fingerprint density at radius 2 is 2.32 bits per heavy atom. The molecule has 4 heteroatoms. The number of likely N-dealkylation sites (N-methyl/N-ethyl adjacent to an activating group) is 1. The van der Waals surface area contributed by atoms with E-state index in [1.165, 1.54) is 18.9 Å². The molecule has 1 aromatic heterocycles. The van der Waals surface area contributed by atoms with Crippen molar-refractivity contribution in [3.63, 3.8) is 0 Å². The maximum Gasteiger partial charge on any atom is 0.165 e. The molecule has 1 N–H and O–H groups in total. The Morgan fingerprint density at radius 3 is 2.95 bits per heavy atom. The van der Waals surface area contributed by atoms with Crippen molar-refractivity contribution in [2.75, 3.05) is 26.0 Å². The van der Waals surface area contributed by atoms with E-state index in [9.17, 15) is 4.39 Å². The van der Waals surface area contributed by atoms with Crippen LogP contribution in [0.1, 0.15) is 32.6 Å². The summed E-state index contributed by atoms with van der Waals surface area (Å²) in [5, 5.41) is 3.20. The first-order valence-corrected chi connectivity index (χ1v) is 7.05. The number of rotatable bonds is 4. The molecule has 2 unspecified atom stereocenters. The molecule has 0 bridgehead atoms. The van der Waals surface area contributed by atoms with E-state index >= 15 is 0 Å². The van der Waals surface area contributed by atoms with Crippen molar-refractivity contribution >= 4 is 5.82 Å². The normalized spacial score (nSPS) is 27.5. The zero-order valence-electron chi connectivity index (χ0n) is 12.1. The molecule has 106 valence electrons. The van der Waals surface area contributed by atoms with Gasteiger partial charge in [-0.1, -0.05) is 19.8 Å². The summed E-state index contributed by atoms with van der Waals surface area (Å²) in [5.41, 5.74) is 0.113. The van der Waals surface area contributed by atoms with Gasteiger partial charge in [0.2, 0.25) is 0 Å². The van der Waals surface area contributed by atoms with Crippen LogP contribution in [0.2, 0.25) is 0 Å². The molecule has 2 atom stereocenters. The maximum absolute atomic E-state index is 13.6. The SMILES string of the molecule is CC1CCCC(CNc2ncccc2F)(N(C)C)C1. The summed E-state index contributed by atoms with van der Waals surface area (Å²) >= 11 is 0. The van der Waals surface area contributed by atoms with E-state index in [0.29, 0.717) is 5.82 Å². The Kier molecular flexibility index (Phi) is 4.40. The van der Waals surface area contributed by atoms with Gasteiger partial charge in [0.1, 0.15) is 0 Å². The molecule has 19 heavy (non-hydrogen) atoms. The number of nitrogens with zero attached hydrogens (tertiary/aromatic N) is 2. The van der Waals surface area contributed by atoms with Crippen LogP contribution in [0.4, 0.5) is 10.2 Å². The molecular formula is C15H24FN3. The van der Waals surface area contributed by atoms with E-state index in [4.69, 9.17) is 0 Å². The lowest BCUT2D eigenvalue weighted by molar-refractivity contribution is 0.0881. The molecule has 2 rings (SSSR count). The van der Waals surface area contributed by atoms with Crippen LogP contribution in [0.15, 0.2) is 18.3 Å². The third kappa shape index (κ3) is 3.24. The lowest BCUT2D eigenvalue weighted by Crippen LogP contribution is -2.52. The van der Waals surface area contributed by atoms with Gasteiger partial charge < -0.3 is 10.2 Å². The molecule has 1 aromatic rings. The van der Waals surface area contributed by atoms with Crippen molar-refractivity contribution in [1.29, 1.82) is 0 Å². The minimum Gasteiger partial charge on any atom is -0.366 e. The van der Waals surface area contributed by atoms with Crippen LogP contribution in [0.25, 0.3) is 0 Å². The number of aromatic nitrogens is 1. The average molecular weight is 265 g/mol. The van der Waals surface area contributed by atoms with Crippen LogP contribution in [-0.2, 0) is 0 Å². The van der Waals surface area contributed by atoms with Gasteiger partial charge in [-0.3, -0.25) is 0 Å². The molecule has 1 aliphatic carbocycles. The second-order valence-electron chi connectivity index (χ2n) is 6.01. The molecule has 0 aliphatic heterocycles. The largest absolute Gasteiger partial charge is 0.366 e. The highest BCUT2D eigenvalue weighted by atomic mass is 19.1. The number of hydrogen-bond acceptors (Lipinski definition) is 3. The van der Waals surface area contributed by atoms with E-state index in [1.807, 2.05) is 0 Å². The van der Waals surface area contributed by atoms with Gasteiger partial charge in [0, 0.05) is 18.3 Å². The highest BCUT2D eigenvalue weighted by Crippen LogP contribution is 2.35. The van der Waals surface area contributed by atoms with Gasteiger partial charge >= 0.3 is 0 Å². The van der Waals surface area contributed by atoms with Crippen LogP contribution in [0.3, 0.4) is 0 Å². The summed E-state index contributed by atoms with van der Waals surface area (Å²) in [5.74, 6) is 0.814. The Morgan fingerprint density at radius 1 is 1.53 bits per heavy atom. The molecule has 0 radical (unpaired) electrons. The monoisotopic (exact) mass is 265 g/mol. The van der Waals surface area contributed by atoms with Crippen molar-refractivity contribution in [2.24, 2.45) is 5.92 Å². The fourth-order valence-corrected chi connectivity index (χ4v) is 3.12. The second kappa shape index (κ2) is 5.87. The number of halogens is 1. The molecule has 1 saturated carbocycles. The van der Waals surface area contributed by atoms with Gasteiger partial charge in [0.25, 0.3) is 0 Å². The second-order valence-corrected chi connectivity index (χ2v) is 6.01. The van der Waals surface area contributed by atoms with E-state index < -0.39 is 0 Å². The van der Waals surface area contributed by atoms with Crippen LogP contribution in [0.5, 0.6) is 0 Å². The number of hydrogen-bond donors (Lipinski definition) is 1. The lowest BCUT2D eigenvalue weighted by atomic mass is 9.75. The van der Waals surface area contributed by atoms with Gasteiger partial charge in [-0.05, 0) is 45.0 Å². The zero-order chi connectivity index (χ0) is 13.9. The molecule has 0 aromatic carbocycles. The first-order chi connectivity index (χ1) is 9.03. The molecule has 0 amide bonds.